The van der Waals surface area contributed by atoms with Gasteiger partial charge in [0, 0.05) is 38.8 Å². The molecule has 1 aliphatic rings. The molecule has 0 unspecified atom stereocenters. The molecule has 31 heavy (non-hydrogen) atoms. The Morgan fingerprint density at radius 2 is 1.87 bits per heavy atom. The van der Waals surface area contributed by atoms with Gasteiger partial charge in [0.2, 0.25) is 5.91 Å². The van der Waals surface area contributed by atoms with Crippen LogP contribution in [0.1, 0.15) is 18.1 Å². The third-order valence-electron chi connectivity index (χ3n) is 5.04. The summed E-state index contributed by atoms with van der Waals surface area (Å²) < 4.78 is 16.7. The molecule has 0 bridgehead atoms. The first-order valence-corrected chi connectivity index (χ1v) is 10.2. The number of fused-ring (bicyclic) bond motifs is 1. The van der Waals surface area contributed by atoms with E-state index in [1.807, 2.05) is 24.3 Å². The predicted molar refractivity (Wildman–Crippen MR) is 121 cm³/mol. The van der Waals surface area contributed by atoms with Gasteiger partial charge in [-0.2, -0.15) is 0 Å². The van der Waals surface area contributed by atoms with Crippen LogP contribution in [-0.4, -0.2) is 57.7 Å². The molecule has 2 aromatic rings. The van der Waals surface area contributed by atoms with Crippen LogP contribution in [0.4, 0.5) is 5.69 Å². The molecule has 0 saturated carbocycles. The van der Waals surface area contributed by atoms with Crippen LogP contribution in [0.3, 0.4) is 0 Å². The monoisotopic (exact) mass is 426 g/mol. The molecule has 166 valence electrons. The molecule has 2 N–H and O–H groups in total. The van der Waals surface area contributed by atoms with Crippen molar-refractivity contribution in [2.75, 3.05) is 46.3 Å². The van der Waals surface area contributed by atoms with Crippen molar-refractivity contribution >= 4 is 17.6 Å². The number of nitrogens with zero attached hydrogens (tertiary/aromatic N) is 2. The number of benzene rings is 2. The van der Waals surface area contributed by atoms with E-state index in [-0.39, 0.29) is 5.91 Å². The number of nitrogens with one attached hydrogen (secondary N) is 2. The van der Waals surface area contributed by atoms with Gasteiger partial charge in [-0.05, 0) is 41.8 Å². The molecule has 3 rings (SSSR count). The third kappa shape index (κ3) is 5.81. The predicted octanol–water partition coefficient (Wildman–Crippen LogP) is 2.67. The Bertz CT molecular complexity index is 945. The van der Waals surface area contributed by atoms with E-state index in [9.17, 15) is 4.79 Å². The van der Waals surface area contributed by atoms with E-state index < -0.39 is 0 Å². The summed E-state index contributed by atoms with van der Waals surface area (Å²) in [7, 11) is 5.09. The van der Waals surface area contributed by atoms with Crippen molar-refractivity contribution in [3.63, 3.8) is 0 Å². The lowest BCUT2D eigenvalue weighted by molar-refractivity contribution is -0.114. The summed E-state index contributed by atoms with van der Waals surface area (Å²) in [6.45, 7) is 4.16. The quantitative estimate of drug-likeness (QED) is 0.402. The number of aliphatic imine (C=N–C) groups is 1. The molecule has 0 atom stereocenters. The topological polar surface area (TPSA) is 84.4 Å². The number of anilines is 1. The van der Waals surface area contributed by atoms with Crippen molar-refractivity contribution in [3.05, 3.63) is 47.5 Å². The molecule has 0 spiro atoms. The Balaban J connectivity index is 1.54. The lowest BCUT2D eigenvalue weighted by Gasteiger charge is -2.32. The highest BCUT2D eigenvalue weighted by molar-refractivity contribution is 5.88. The fraction of sp³-hybridized carbons (Fsp3) is 0.391. The lowest BCUT2D eigenvalue weighted by Crippen LogP contribution is -2.45. The second kappa shape index (κ2) is 10.6. The van der Waals surface area contributed by atoms with Crippen LogP contribution in [0, 0.1) is 0 Å². The van der Waals surface area contributed by atoms with Gasteiger partial charge in [0.25, 0.3) is 0 Å². The minimum absolute atomic E-state index is 0.109. The minimum Gasteiger partial charge on any atom is -0.493 e. The molecular weight excluding hydrogens is 396 g/mol. The van der Waals surface area contributed by atoms with E-state index in [4.69, 9.17) is 14.2 Å². The fourth-order valence-corrected chi connectivity index (χ4v) is 3.59. The largest absolute Gasteiger partial charge is 0.493 e. The number of hydrogen-bond acceptors (Lipinski definition) is 5. The highest BCUT2D eigenvalue weighted by atomic mass is 16.5. The second-order valence-corrected chi connectivity index (χ2v) is 7.18. The summed E-state index contributed by atoms with van der Waals surface area (Å²) in [5.74, 6) is 2.92. The zero-order chi connectivity index (χ0) is 22.2. The number of methoxy groups -OCH3 is 2. The smallest absolute Gasteiger partial charge is 0.221 e. The molecule has 1 aliphatic heterocycles. The Labute approximate surface area is 183 Å². The van der Waals surface area contributed by atoms with E-state index in [0.717, 1.165) is 37.0 Å². The van der Waals surface area contributed by atoms with E-state index in [0.29, 0.717) is 24.6 Å². The average molecular weight is 427 g/mol. The van der Waals surface area contributed by atoms with Crippen molar-refractivity contribution < 1.29 is 19.0 Å². The fourth-order valence-electron chi connectivity index (χ4n) is 3.59. The molecule has 1 heterocycles. The summed E-state index contributed by atoms with van der Waals surface area (Å²) >= 11 is 0. The maximum absolute atomic E-state index is 11.2. The Morgan fingerprint density at radius 1 is 1.13 bits per heavy atom. The summed E-state index contributed by atoms with van der Waals surface area (Å²) in [5, 5.41) is 6.12. The van der Waals surface area contributed by atoms with Crippen molar-refractivity contribution in [2.45, 2.75) is 19.9 Å². The minimum atomic E-state index is -0.109. The lowest BCUT2D eigenvalue weighted by atomic mass is 9.99. The first kappa shape index (κ1) is 22.3. The SMILES string of the molecule is CN=C(NCCOc1cccc(NC(C)=O)c1)N1CCc2cc(OC)c(OC)cc2C1. The molecule has 0 radical (unpaired) electrons. The average Bonchev–Trinajstić information content (AvgIpc) is 2.77. The van der Waals surface area contributed by atoms with Crippen molar-refractivity contribution in [1.29, 1.82) is 0 Å². The Hall–Kier alpha value is -3.42. The van der Waals surface area contributed by atoms with Crippen LogP contribution in [0.15, 0.2) is 41.4 Å². The van der Waals surface area contributed by atoms with Crippen LogP contribution >= 0.6 is 0 Å². The molecule has 1 amide bonds. The standard InChI is InChI=1S/C23H30N4O4/c1-16(28)26-19-6-5-7-20(14-19)31-11-9-25-23(24-2)27-10-8-17-12-21(29-3)22(30-4)13-18(17)15-27/h5-7,12-14H,8-11,15H2,1-4H3,(H,24,25)(H,26,28). The van der Waals surface area contributed by atoms with Crippen LogP contribution in [0.5, 0.6) is 17.2 Å². The Morgan fingerprint density at radius 3 is 2.55 bits per heavy atom. The van der Waals surface area contributed by atoms with Crippen LogP contribution in [0.2, 0.25) is 0 Å². The van der Waals surface area contributed by atoms with E-state index in [2.05, 4.69) is 26.6 Å². The van der Waals surface area contributed by atoms with E-state index >= 15 is 0 Å². The highest BCUT2D eigenvalue weighted by Crippen LogP contribution is 2.33. The second-order valence-electron chi connectivity index (χ2n) is 7.18. The molecule has 0 aromatic heterocycles. The number of hydrogen-bond donors (Lipinski definition) is 2. The molecule has 8 heteroatoms. The first-order chi connectivity index (χ1) is 15.0. The first-order valence-electron chi connectivity index (χ1n) is 10.2. The normalized spacial score (nSPS) is 13.3. The molecular formula is C23H30N4O4. The van der Waals surface area contributed by atoms with Gasteiger partial charge in [0.15, 0.2) is 17.5 Å². The molecule has 0 fully saturated rings. The van der Waals surface area contributed by atoms with Gasteiger partial charge in [-0.15, -0.1) is 0 Å². The van der Waals surface area contributed by atoms with Gasteiger partial charge in [-0.1, -0.05) is 6.07 Å². The molecule has 8 nitrogen and oxygen atoms in total. The number of rotatable bonds is 7. The van der Waals surface area contributed by atoms with Gasteiger partial charge >= 0.3 is 0 Å². The number of ether oxygens (including phenoxy) is 3. The van der Waals surface area contributed by atoms with Crippen LogP contribution in [-0.2, 0) is 17.8 Å². The number of carbonyl (C=O) groups excluding carboxylic acids is 1. The van der Waals surface area contributed by atoms with Gasteiger partial charge in [-0.25, -0.2) is 0 Å². The van der Waals surface area contributed by atoms with E-state index in [1.165, 1.54) is 18.1 Å². The van der Waals surface area contributed by atoms with E-state index in [1.54, 1.807) is 27.3 Å². The zero-order valence-electron chi connectivity index (χ0n) is 18.5. The Kier molecular flexibility index (Phi) is 7.59. The van der Waals surface area contributed by atoms with Crippen LogP contribution in [0.25, 0.3) is 0 Å². The van der Waals surface area contributed by atoms with Crippen LogP contribution < -0.4 is 24.8 Å². The van der Waals surface area contributed by atoms with Gasteiger partial charge in [-0.3, -0.25) is 9.79 Å². The molecule has 2 aromatic carbocycles. The van der Waals surface area contributed by atoms with Crippen molar-refractivity contribution in [3.8, 4) is 17.2 Å². The highest BCUT2D eigenvalue weighted by Gasteiger charge is 2.21. The maximum Gasteiger partial charge on any atom is 0.221 e. The maximum atomic E-state index is 11.2. The number of carbonyl (C=O) groups is 1. The van der Waals surface area contributed by atoms with Crippen molar-refractivity contribution in [1.82, 2.24) is 10.2 Å². The number of amides is 1. The van der Waals surface area contributed by atoms with Crippen molar-refractivity contribution in [2.24, 2.45) is 4.99 Å². The summed E-state index contributed by atoms with van der Waals surface area (Å²) in [6, 6.07) is 11.4. The summed E-state index contributed by atoms with van der Waals surface area (Å²) in [5.41, 5.74) is 3.19. The number of guanidine groups is 1. The summed E-state index contributed by atoms with van der Waals surface area (Å²) in [6.07, 6.45) is 0.906. The van der Waals surface area contributed by atoms with Gasteiger partial charge < -0.3 is 29.7 Å². The summed E-state index contributed by atoms with van der Waals surface area (Å²) in [4.78, 5) is 17.8. The van der Waals surface area contributed by atoms with Gasteiger partial charge in [0.1, 0.15) is 12.4 Å². The molecule has 0 aliphatic carbocycles. The zero-order valence-corrected chi connectivity index (χ0v) is 18.5. The molecule has 0 saturated heterocycles. The van der Waals surface area contributed by atoms with Gasteiger partial charge in [0.05, 0.1) is 20.8 Å². The third-order valence-corrected chi connectivity index (χ3v) is 5.04.